The predicted octanol–water partition coefficient (Wildman–Crippen LogP) is 2.87. The van der Waals surface area contributed by atoms with Crippen LogP contribution >= 0.6 is 0 Å². The molecule has 2 heterocycles. The van der Waals surface area contributed by atoms with Crippen LogP contribution in [0, 0.1) is 0 Å². The predicted molar refractivity (Wildman–Crippen MR) is 108 cm³/mol. The fourth-order valence-corrected chi connectivity index (χ4v) is 3.28. The molecule has 0 unspecified atom stereocenters. The SMILES string of the molecule is COc1ccc(CNC(=O)Cn2c3ccccc3c(=O)c3ccccc32)cn1. The van der Waals surface area contributed by atoms with Gasteiger partial charge in [-0.15, -0.1) is 0 Å². The minimum atomic E-state index is -0.144. The van der Waals surface area contributed by atoms with Gasteiger partial charge < -0.3 is 14.6 Å². The summed E-state index contributed by atoms with van der Waals surface area (Å²) in [7, 11) is 1.56. The molecule has 0 aliphatic rings. The van der Waals surface area contributed by atoms with Gasteiger partial charge in [0.25, 0.3) is 0 Å². The van der Waals surface area contributed by atoms with Gasteiger partial charge >= 0.3 is 0 Å². The van der Waals surface area contributed by atoms with Crippen molar-refractivity contribution < 1.29 is 9.53 Å². The Labute approximate surface area is 161 Å². The fraction of sp³-hybridized carbons (Fsp3) is 0.136. The normalized spacial score (nSPS) is 10.9. The molecule has 4 rings (SSSR count). The van der Waals surface area contributed by atoms with Crippen LogP contribution in [0.3, 0.4) is 0 Å². The number of carbonyl (C=O) groups is 1. The molecule has 2 aromatic heterocycles. The smallest absolute Gasteiger partial charge is 0.240 e. The van der Waals surface area contributed by atoms with Gasteiger partial charge in [-0.3, -0.25) is 9.59 Å². The number of carbonyl (C=O) groups excluding carboxylic acids is 1. The molecule has 0 saturated carbocycles. The lowest BCUT2D eigenvalue weighted by Gasteiger charge is -2.15. The monoisotopic (exact) mass is 373 g/mol. The molecule has 2 aromatic carbocycles. The average molecular weight is 373 g/mol. The zero-order chi connectivity index (χ0) is 19.5. The molecule has 28 heavy (non-hydrogen) atoms. The molecule has 1 amide bonds. The standard InChI is InChI=1S/C22H19N3O3/c1-28-21-11-10-15(13-24-21)12-23-20(26)14-25-18-8-4-2-6-16(18)22(27)17-7-3-5-9-19(17)25/h2-11,13H,12,14H2,1H3,(H,23,26). The summed E-state index contributed by atoms with van der Waals surface area (Å²) in [5.41, 5.74) is 2.34. The van der Waals surface area contributed by atoms with Gasteiger partial charge in [0.1, 0.15) is 6.54 Å². The number of para-hydroxylation sites is 2. The van der Waals surface area contributed by atoms with Crippen molar-refractivity contribution in [3.63, 3.8) is 0 Å². The first-order valence-electron chi connectivity index (χ1n) is 8.93. The Hall–Kier alpha value is -3.67. The Bertz CT molecular complexity index is 1150. The quantitative estimate of drug-likeness (QED) is 0.546. The second kappa shape index (κ2) is 7.52. The number of amides is 1. The average Bonchev–Trinajstić information content (AvgIpc) is 2.75. The van der Waals surface area contributed by atoms with Crippen LogP contribution in [-0.4, -0.2) is 22.6 Å². The van der Waals surface area contributed by atoms with E-state index in [9.17, 15) is 9.59 Å². The first-order valence-corrected chi connectivity index (χ1v) is 8.93. The zero-order valence-corrected chi connectivity index (χ0v) is 15.4. The molecule has 0 aliphatic carbocycles. The highest BCUT2D eigenvalue weighted by molar-refractivity contribution is 5.94. The molecule has 0 aliphatic heterocycles. The van der Waals surface area contributed by atoms with E-state index in [4.69, 9.17) is 4.74 Å². The fourth-order valence-electron chi connectivity index (χ4n) is 3.28. The van der Waals surface area contributed by atoms with Gasteiger partial charge in [-0.1, -0.05) is 30.3 Å². The third kappa shape index (κ3) is 3.32. The molecule has 1 N–H and O–H groups in total. The minimum absolute atomic E-state index is 0.0211. The topological polar surface area (TPSA) is 73.2 Å². The van der Waals surface area contributed by atoms with Crippen LogP contribution in [0.4, 0.5) is 0 Å². The van der Waals surface area contributed by atoms with Gasteiger partial charge in [0.2, 0.25) is 11.8 Å². The van der Waals surface area contributed by atoms with Crippen molar-refractivity contribution in [2.75, 3.05) is 7.11 Å². The van der Waals surface area contributed by atoms with E-state index in [2.05, 4.69) is 10.3 Å². The largest absolute Gasteiger partial charge is 0.481 e. The molecular formula is C22H19N3O3. The maximum absolute atomic E-state index is 12.8. The molecular weight excluding hydrogens is 354 g/mol. The van der Waals surface area contributed by atoms with Crippen LogP contribution in [0.15, 0.2) is 71.7 Å². The van der Waals surface area contributed by atoms with E-state index >= 15 is 0 Å². The molecule has 0 fully saturated rings. The second-order valence-corrected chi connectivity index (χ2v) is 6.44. The van der Waals surface area contributed by atoms with Crippen molar-refractivity contribution >= 4 is 27.7 Å². The van der Waals surface area contributed by atoms with Crippen molar-refractivity contribution in [1.82, 2.24) is 14.9 Å². The minimum Gasteiger partial charge on any atom is -0.481 e. The van der Waals surface area contributed by atoms with Gasteiger partial charge in [0.15, 0.2) is 5.43 Å². The number of nitrogens with zero attached hydrogens (tertiary/aromatic N) is 2. The lowest BCUT2D eigenvalue weighted by molar-refractivity contribution is -0.121. The van der Waals surface area contributed by atoms with Gasteiger partial charge in [-0.2, -0.15) is 0 Å². The molecule has 4 aromatic rings. The summed E-state index contributed by atoms with van der Waals surface area (Å²) in [5.74, 6) is 0.385. The summed E-state index contributed by atoms with van der Waals surface area (Å²) in [6.07, 6.45) is 1.67. The van der Waals surface area contributed by atoms with E-state index in [1.807, 2.05) is 47.0 Å². The number of fused-ring (bicyclic) bond motifs is 2. The maximum atomic E-state index is 12.8. The summed E-state index contributed by atoms with van der Waals surface area (Å²) in [4.78, 5) is 29.5. The molecule has 140 valence electrons. The van der Waals surface area contributed by atoms with Gasteiger partial charge in [0.05, 0.1) is 18.1 Å². The Balaban J connectivity index is 1.63. The van der Waals surface area contributed by atoms with E-state index in [1.54, 1.807) is 31.5 Å². The first-order chi connectivity index (χ1) is 13.7. The van der Waals surface area contributed by atoms with Crippen molar-refractivity contribution in [1.29, 1.82) is 0 Å². The van der Waals surface area contributed by atoms with Crippen LogP contribution in [0.5, 0.6) is 5.88 Å². The van der Waals surface area contributed by atoms with Crippen LogP contribution in [0.25, 0.3) is 21.8 Å². The maximum Gasteiger partial charge on any atom is 0.240 e. The van der Waals surface area contributed by atoms with E-state index in [0.29, 0.717) is 23.2 Å². The van der Waals surface area contributed by atoms with Gasteiger partial charge in [-0.05, 0) is 29.8 Å². The molecule has 6 nitrogen and oxygen atoms in total. The summed E-state index contributed by atoms with van der Waals surface area (Å²) < 4.78 is 6.92. The summed E-state index contributed by atoms with van der Waals surface area (Å²) in [5, 5.41) is 4.12. The third-order valence-corrected chi connectivity index (χ3v) is 4.68. The van der Waals surface area contributed by atoms with Crippen LogP contribution in [0.1, 0.15) is 5.56 Å². The highest BCUT2D eigenvalue weighted by Gasteiger charge is 2.12. The Morgan fingerprint density at radius 3 is 2.21 bits per heavy atom. The van der Waals surface area contributed by atoms with Crippen molar-refractivity contribution in [2.45, 2.75) is 13.1 Å². The van der Waals surface area contributed by atoms with Gasteiger partial charge in [-0.25, -0.2) is 4.98 Å². The Morgan fingerprint density at radius 2 is 1.64 bits per heavy atom. The van der Waals surface area contributed by atoms with Crippen molar-refractivity contribution in [3.8, 4) is 5.88 Å². The summed E-state index contributed by atoms with van der Waals surface area (Å²) in [6.45, 7) is 0.483. The molecule has 6 heteroatoms. The molecule has 0 spiro atoms. The zero-order valence-electron chi connectivity index (χ0n) is 15.4. The van der Waals surface area contributed by atoms with E-state index in [1.165, 1.54) is 0 Å². The Kier molecular flexibility index (Phi) is 4.76. The van der Waals surface area contributed by atoms with Gasteiger partial charge in [0, 0.05) is 29.6 Å². The number of rotatable bonds is 5. The number of pyridine rings is 2. The number of methoxy groups -OCH3 is 1. The lowest BCUT2D eigenvalue weighted by atomic mass is 10.1. The van der Waals surface area contributed by atoms with Crippen LogP contribution in [-0.2, 0) is 17.9 Å². The highest BCUT2D eigenvalue weighted by Crippen LogP contribution is 2.19. The number of hydrogen-bond donors (Lipinski definition) is 1. The van der Waals surface area contributed by atoms with Crippen molar-refractivity contribution in [3.05, 3.63) is 82.6 Å². The lowest BCUT2D eigenvalue weighted by Crippen LogP contribution is -2.28. The van der Waals surface area contributed by atoms with Crippen LogP contribution < -0.4 is 15.5 Å². The number of benzene rings is 2. The first kappa shape index (κ1) is 17.7. The van der Waals surface area contributed by atoms with E-state index in [0.717, 1.165) is 16.6 Å². The van der Waals surface area contributed by atoms with Crippen LogP contribution in [0.2, 0.25) is 0 Å². The number of aromatic nitrogens is 2. The van der Waals surface area contributed by atoms with E-state index < -0.39 is 0 Å². The third-order valence-electron chi connectivity index (χ3n) is 4.68. The summed E-state index contributed by atoms with van der Waals surface area (Å²) >= 11 is 0. The van der Waals surface area contributed by atoms with E-state index in [-0.39, 0.29) is 17.9 Å². The molecule has 0 saturated heterocycles. The number of ether oxygens (including phenoxy) is 1. The number of hydrogen-bond acceptors (Lipinski definition) is 4. The number of nitrogens with one attached hydrogen (secondary N) is 1. The molecule has 0 bridgehead atoms. The summed E-state index contributed by atoms with van der Waals surface area (Å²) in [6, 6.07) is 18.3. The molecule has 0 radical (unpaired) electrons. The second-order valence-electron chi connectivity index (χ2n) is 6.44. The highest BCUT2D eigenvalue weighted by atomic mass is 16.5. The Morgan fingerprint density at radius 1 is 1.00 bits per heavy atom. The molecule has 0 atom stereocenters. The van der Waals surface area contributed by atoms with Crippen molar-refractivity contribution in [2.24, 2.45) is 0 Å².